The second-order valence-electron chi connectivity index (χ2n) is 6.34. The standard InChI is InChI=1S/C17H25N3/c1-12-9-15-16(10-13(12)2)19-17(18-15)11-20(3)14-7-5-4-6-8-14/h9-10,14H,4-8,11H2,1-3H3,(H,18,19). The van der Waals surface area contributed by atoms with Gasteiger partial charge in [-0.3, -0.25) is 4.90 Å². The summed E-state index contributed by atoms with van der Waals surface area (Å²) < 4.78 is 0. The molecule has 0 spiro atoms. The third-order valence-electron chi connectivity index (χ3n) is 4.74. The van der Waals surface area contributed by atoms with Crippen LogP contribution >= 0.6 is 0 Å². The van der Waals surface area contributed by atoms with Crippen molar-refractivity contribution >= 4 is 11.0 Å². The highest BCUT2D eigenvalue weighted by atomic mass is 15.2. The van der Waals surface area contributed by atoms with Gasteiger partial charge in [-0.2, -0.15) is 0 Å². The number of nitrogens with one attached hydrogen (secondary N) is 1. The van der Waals surface area contributed by atoms with Gasteiger partial charge in [0.15, 0.2) is 0 Å². The van der Waals surface area contributed by atoms with Crippen LogP contribution in [0.1, 0.15) is 49.1 Å². The third-order valence-corrected chi connectivity index (χ3v) is 4.74. The third kappa shape index (κ3) is 2.73. The smallest absolute Gasteiger partial charge is 0.121 e. The maximum Gasteiger partial charge on any atom is 0.121 e. The summed E-state index contributed by atoms with van der Waals surface area (Å²) in [7, 11) is 2.24. The van der Waals surface area contributed by atoms with Crippen molar-refractivity contribution in [3.05, 3.63) is 29.1 Å². The molecule has 1 N–H and O–H groups in total. The Labute approximate surface area is 121 Å². The Morgan fingerprint density at radius 1 is 1.15 bits per heavy atom. The van der Waals surface area contributed by atoms with Gasteiger partial charge < -0.3 is 4.98 Å². The van der Waals surface area contributed by atoms with Gasteiger partial charge in [0.2, 0.25) is 0 Å². The molecule has 0 atom stereocenters. The van der Waals surface area contributed by atoms with Gasteiger partial charge in [0, 0.05) is 6.04 Å². The number of hydrogen-bond donors (Lipinski definition) is 1. The molecule has 1 aliphatic carbocycles. The summed E-state index contributed by atoms with van der Waals surface area (Å²) in [6.07, 6.45) is 6.86. The lowest BCUT2D eigenvalue weighted by Gasteiger charge is -2.30. The number of fused-ring (bicyclic) bond motifs is 1. The Morgan fingerprint density at radius 3 is 2.60 bits per heavy atom. The average molecular weight is 271 g/mol. The summed E-state index contributed by atoms with van der Waals surface area (Å²) in [6.45, 7) is 5.23. The molecule has 3 rings (SSSR count). The van der Waals surface area contributed by atoms with Gasteiger partial charge in [-0.1, -0.05) is 19.3 Å². The van der Waals surface area contributed by atoms with Crippen LogP contribution in [0.25, 0.3) is 11.0 Å². The van der Waals surface area contributed by atoms with Crippen LogP contribution < -0.4 is 0 Å². The molecule has 0 amide bonds. The van der Waals surface area contributed by atoms with Crippen molar-refractivity contribution in [3.63, 3.8) is 0 Å². The number of aromatic amines is 1. The van der Waals surface area contributed by atoms with E-state index in [-0.39, 0.29) is 0 Å². The van der Waals surface area contributed by atoms with Gasteiger partial charge >= 0.3 is 0 Å². The number of H-pyrrole nitrogens is 1. The quantitative estimate of drug-likeness (QED) is 0.916. The molecule has 20 heavy (non-hydrogen) atoms. The molecule has 108 valence electrons. The van der Waals surface area contributed by atoms with Crippen LogP contribution in [-0.2, 0) is 6.54 Å². The molecular weight excluding hydrogens is 246 g/mol. The Bertz CT molecular complexity index is 555. The van der Waals surface area contributed by atoms with E-state index in [2.05, 4.69) is 42.9 Å². The fraction of sp³-hybridized carbons (Fsp3) is 0.588. The zero-order chi connectivity index (χ0) is 14.1. The van der Waals surface area contributed by atoms with Crippen LogP contribution in [0, 0.1) is 13.8 Å². The van der Waals surface area contributed by atoms with E-state index in [1.807, 2.05) is 0 Å². The minimum Gasteiger partial charge on any atom is -0.341 e. The van der Waals surface area contributed by atoms with Gasteiger partial charge in [0.1, 0.15) is 5.82 Å². The summed E-state index contributed by atoms with van der Waals surface area (Å²) in [6, 6.07) is 5.13. The first-order valence-corrected chi connectivity index (χ1v) is 7.79. The van der Waals surface area contributed by atoms with E-state index in [9.17, 15) is 0 Å². The molecule has 1 aliphatic rings. The molecule has 1 heterocycles. The molecule has 1 aromatic heterocycles. The molecule has 3 heteroatoms. The Hall–Kier alpha value is -1.35. The summed E-state index contributed by atoms with van der Waals surface area (Å²) in [4.78, 5) is 10.7. The van der Waals surface area contributed by atoms with Gasteiger partial charge in [0.05, 0.1) is 17.6 Å². The fourth-order valence-electron chi connectivity index (χ4n) is 3.28. The Kier molecular flexibility index (Phi) is 3.79. The second-order valence-corrected chi connectivity index (χ2v) is 6.34. The van der Waals surface area contributed by atoms with E-state index < -0.39 is 0 Å². The van der Waals surface area contributed by atoms with Crippen LogP contribution in [0.3, 0.4) is 0 Å². The SMILES string of the molecule is Cc1cc2nc(CN(C)C3CCCCC3)[nH]c2cc1C. The van der Waals surface area contributed by atoms with E-state index in [1.165, 1.54) is 48.7 Å². The molecular formula is C17H25N3. The van der Waals surface area contributed by atoms with Gasteiger partial charge in [-0.15, -0.1) is 0 Å². The Balaban J connectivity index is 1.76. The molecule has 1 aromatic carbocycles. The summed E-state index contributed by atoms with van der Waals surface area (Å²) in [5.41, 5.74) is 4.91. The van der Waals surface area contributed by atoms with Gasteiger partial charge in [-0.25, -0.2) is 4.98 Å². The van der Waals surface area contributed by atoms with Crippen LogP contribution in [-0.4, -0.2) is 28.0 Å². The lowest BCUT2D eigenvalue weighted by Crippen LogP contribution is -2.33. The van der Waals surface area contributed by atoms with Crippen molar-refractivity contribution in [2.45, 2.75) is 58.5 Å². The highest BCUT2D eigenvalue weighted by Crippen LogP contribution is 2.23. The Morgan fingerprint density at radius 2 is 1.85 bits per heavy atom. The molecule has 0 aliphatic heterocycles. The van der Waals surface area contributed by atoms with Crippen LogP contribution in [0.15, 0.2) is 12.1 Å². The maximum absolute atomic E-state index is 4.75. The minimum atomic E-state index is 0.737. The van der Waals surface area contributed by atoms with Crippen LogP contribution in [0.4, 0.5) is 0 Å². The zero-order valence-electron chi connectivity index (χ0n) is 12.9. The minimum absolute atomic E-state index is 0.737. The molecule has 3 nitrogen and oxygen atoms in total. The monoisotopic (exact) mass is 271 g/mol. The first kappa shape index (κ1) is 13.6. The topological polar surface area (TPSA) is 31.9 Å². The summed E-state index contributed by atoms with van der Waals surface area (Å²) >= 11 is 0. The largest absolute Gasteiger partial charge is 0.341 e. The maximum atomic E-state index is 4.75. The van der Waals surface area contributed by atoms with E-state index in [4.69, 9.17) is 4.98 Å². The van der Waals surface area contributed by atoms with Crippen molar-refractivity contribution in [3.8, 4) is 0 Å². The molecule has 1 saturated carbocycles. The fourth-order valence-corrected chi connectivity index (χ4v) is 3.28. The molecule has 1 fully saturated rings. The molecule has 0 radical (unpaired) electrons. The first-order chi connectivity index (χ1) is 9.63. The van der Waals surface area contributed by atoms with Gasteiger partial charge in [0.25, 0.3) is 0 Å². The second kappa shape index (κ2) is 5.57. The average Bonchev–Trinajstić information content (AvgIpc) is 2.81. The van der Waals surface area contributed by atoms with Crippen molar-refractivity contribution in [2.75, 3.05) is 7.05 Å². The molecule has 0 saturated heterocycles. The first-order valence-electron chi connectivity index (χ1n) is 7.79. The number of imidazole rings is 1. The van der Waals surface area contributed by atoms with Crippen molar-refractivity contribution in [2.24, 2.45) is 0 Å². The van der Waals surface area contributed by atoms with E-state index in [1.54, 1.807) is 0 Å². The number of nitrogens with zero attached hydrogens (tertiary/aromatic N) is 2. The van der Waals surface area contributed by atoms with Gasteiger partial charge in [-0.05, 0) is 57.0 Å². The van der Waals surface area contributed by atoms with E-state index in [0.717, 1.165) is 23.9 Å². The highest BCUT2D eigenvalue weighted by molar-refractivity contribution is 5.77. The number of hydrogen-bond acceptors (Lipinski definition) is 2. The molecule has 2 aromatic rings. The summed E-state index contributed by atoms with van der Waals surface area (Å²) in [5.74, 6) is 1.10. The van der Waals surface area contributed by atoms with Crippen LogP contribution in [0.5, 0.6) is 0 Å². The van der Waals surface area contributed by atoms with E-state index >= 15 is 0 Å². The molecule has 0 unspecified atom stereocenters. The zero-order valence-corrected chi connectivity index (χ0v) is 12.9. The van der Waals surface area contributed by atoms with Crippen LogP contribution in [0.2, 0.25) is 0 Å². The predicted octanol–water partition coefficient (Wildman–Crippen LogP) is 3.94. The lowest BCUT2D eigenvalue weighted by atomic mass is 9.94. The van der Waals surface area contributed by atoms with E-state index in [0.29, 0.717) is 0 Å². The van der Waals surface area contributed by atoms with Crippen molar-refractivity contribution in [1.29, 1.82) is 0 Å². The van der Waals surface area contributed by atoms with Crippen molar-refractivity contribution < 1.29 is 0 Å². The predicted molar refractivity (Wildman–Crippen MR) is 83.9 cm³/mol. The normalized spacial score (nSPS) is 17.2. The number of aryl methyl sites for hydroxylation is 2. The van der Waals surface area contributed by atoms with Crippen molar-refractivity contribution in [1.82, 2.24) is 14.9 Å². The highest BCUT2D eigenvalue weighted by Gasteiger charge is 2.19. The molecule has 0 bridgehead atoms. The number of benzene rings is 1. The number of rotatable bonds is 3. The number of aromatic nitrogens is 2. The lowest BCUT2D eigenvalue weighted by molar-refractivity contribution is 0.181. The summed E-state index contributed by atoms with van der Waals surface area (Å²) in [5, 5.41) is 0.